The maximum absolute atomic E-state index is 7.03. The van der Waals surface area contributed by atoms with E-state index in [1.165, 1.54) is 11.8 Å². The number of hydrogen-bond donors (Lipinski definition) is 2. The topological polar surface area (TPSA) is 75.7 Å². The average Bonchev–Trinajstić information content (AvgIpc) is 2.03. The Hall–Kier alpha value is -1.10. The number of aryl methyl sites for hydroxylation is 1. The predicted octanol–water partition coefficient (Wildman–Crippen LogP) is 1.20. The molecule has 0 unspecified atom stereocenters. The highest BCUT2D eigenvalue weighted by molar-refractivity contribution is 7.99. The van der Waals surface area contributed by atoms with Crippen LogP contribution in [-0.4, -0.2) is 21.6 Å². The minimum atomic E-state index is 0.208. The van der Waals surface area contributed by atoms with Crippen molar-refractivity contribution in [3.63, 3.8) is 0 Å². The molecule has 1 heterocycles. The van der Waals surface area contributed by atoms with Crippen molar-refractivity contribution in [2.75, 3.05) is 5.75 Å². The van der Waals surface area contributed by atoms with Crippen LogP contribution in [0.3, 0.4) is 0 Å². The van der Waals surface area contributed by atoms with Gasteiger partial charge in [0.1, 0.15) is 0 Å². The Morgan fingerprint density at radius 3 is 3.08 bits per heavy atom. The Kier molecular flexibility index (Phi) is 3.70. The van der Waals surface area contributed by atoms with E-state index in [0.717, 1.165) is 16.6 Å². The molecule has 0 spiro atoms. The lowest BCUT2D eigenvalue weighted by molar-refractivity contribution is 0.931. The van der Waals surface area contributed by atoms with Gasteiger partial charge in [-0.15, -0.1) is 0 Å². The lowest BCUT2D eigenvalue weighted by atomic mass is 10.5. The molecule has 0 aliphatic rings. The number of nitrogens with two attached hydrogens (primary N) is 1. The van der Waals surface area contributed by atoms with Crippen molar-refractivity contribution in [1.29, 1.82) is 5.41 Å². The number of nitrogens with zero attached hydrogens (tertiary/aromatic N) is 2. The van der Waals surface area contributed by atoms with Gasteiger partial charge in [0.2, 0.25) is 0 Å². The molecule has 1 aromatic rings. The summed E-state index contributed by atoms with van der Waals surface area (Å²) in [5.74, 6) is 0.971. The van der Waals surface area contributed by atoms with Crippen molar-refractivity contribution in [2.24, 2.45) is 5.73 Å². The molecule has 13 heavy (non-hydrogen) atoms. The van der Waals surface area contributed by atoms with Crippen LogP contribution in [0.25, 0.3) is 0 Å². The number of rotatable bonds is 4. The number of hydrogen-bond acceptors (Lipinski definition) is 4. The van der Waals surface area contributed by atoms with Crippen molar-refractivity contribution in [1.82, 2.24) is 9.97 Å². The van der Waals surface area contributed by atoms with E-state index in [1.807, 2.05) is 13.0 Å². The first kappa shape index (κ1) is 9.98. The van der Waals surface area contributed by atoms with Crippen LogP contribution in [0.15, 0.2) is 17.4 Å². The Morgan fingerprint density at radius 2 is 2.46 bits per heavy atom. The van der Waals surface area contributed by atoms with E-state index in [9.17, 15) is 0 Å². The van der Waals surface area contributed by atoms with Crippen LogP contribution in [0, 0.1) is 12.3 Å². The lowest BCUT2D eigenvalue weighted by Gasteiger charge is -1.99. The van der Waals surface area contributed by atoms with E-state index in [1.54, 1.807) is 6.20 Å². The van der Waals surface area contributed by atoms with Crippen LogP contribution in [0.5, 0.6) is 0 Å². The minimum absolute atomic E-state index is 0.208. The zero-order chi connectivity index (χ0) is 9.68. The first-order chi connectivity index (χ1) is 6.18. The van der Waals surface area contributed by atoms with Crippen LogP contribution in [0.1, 0.15) is 12.1 Å². The van der Waals surface area contributed by atoms with Gasteiger partial charge >= 0.3 is 0 Å². The van der Waals surface area contributed by atoms with Gasteiger partial charge < -0.3 is 5.73 Å². The molecule has 0 radical (unpaired) electrons. The van der Waals surface area contributed by atoms with Crippen molar-refractivity contribution in [2.45, 2.75) is 18.5 Å². The van der Waals surface area contributed by atoms with Crippen LogP contribution in [0.2, 0.25) is 0 Å². The van der Waals surface area contributed by atoms with E-state index < -0.39 is 0 Å². The monoisotopic (exact) mass is 196 g/mol. The van der Waals surface area contributed by atoms with Gasteiger partial charge in [-0.3, -0.25) is 5.41 Å². The highest BCUT2D eigenvalue weighted by Crippen LogP contribution is 2.12. The minimum Gasteiger partial charge on any atom is -0.388 e. The average molecular weight is 196 g/mol. The highest BCUT2D eigenvalue weighted by atomic mass is 32.2. The van der Waals surface area contributed by atoms with Crippen LogP contribution >= 0.6 is 11.8 Å². The molecule has 3 N–H and O–H groups in total. The van der Waals surface area contributed by atoms with Crippen molar-refractivity contribution < 1.29 is 0 Å². The summed E-state index contributed by atoms with van der Waals surface area (Å²) in [5.41, 5.74) is 6.17. The Labute approximate surface area is 81.5 Å². The summed E-state index contributed by atoms with van der Waals surface area (Å²) in [6.07, 6.45) is 2.32. The van der Waals surface area contributed by atoms with E-state index >= 15 is 0 Å². The summed E-state index contributed by atoms with van der Waals surface area (Å²) < 4.78 is 0. The predicted molar refractivity (Wildman–Crippen MR) is 54.0 cm³/mol. The second-order valence-corrected chi connectivity index (χ2v) is 3.67. The molecule has 0 fully saturated rings. The van der Waals surface area contributed by atoms with Crippen LogP contribution in [-0.2, 0) is 0 Å². The molecule has 1 rings (SSSR count). The third kappa shape index (κ3) is 3.89. The standard InChI is InChI=1S/C8H12N4S/c1-6-2-4-11-8(12-6)13-5-3-7(9)10/h2,4H,3,5H2,1H3,(H3,9,10). The number of thioether (sulfide) groups is 1. The lowest BCUT2D eigenvalue weighted by Crippen LogP contribution is -2.10. The summed E-state index contributed by atoms with van der Waals surface area (Å²) >= 11 is 1.52. The number of aromatic nitrogens is 2. The van der Waals surface area contributed by atoms with Crippen molar-refractivity contribution >= 4 is 17.6 Å². The molecule has 4 nitrogen and oxygen atoms in total. The molecule has 0 saturated carbocycles. The molecule has 0 aliphatic carbocycles. The Bertz CT molecular complexity index is 300. The third-order valence-electron chi connectivity index (χ3n) is 1.38. The normalized spacial score (nSPS) is 9.92. The van der Waals surface area contributed by atoms with Gasteiger partial charge in [0.05, 0.1) is 5.84 Å². The van der Waals surface area contributed by atoms with Crippen LogP contribution < -0.4 is 5.73 Å². The molecule has 0 aromatic carbocycles. The van der Waals surface area contributed by atoms with Gasteiger partial charge in [-0.25, -0.2) is 9.97 Å². The largest absolute Gasteiger partial charge is 0.388 e. The second-order valence-electron chi connectivity index (χ2n) is 2.60. The molecule has 0 atom stereocenters. The molecule has 0 saturated heterocycles. The van der Waals surface area contributed by atoms with Crippen molar-refractivity contribution in [3.8, 4) is 0 Å². The summed E-state index contributed by atoms with van der Waals surface area (Å²) in [7, 11) is 0. The van der Waals surface area contributed by atoms with Gasteiger partial charge in [0, 0.05) is 24.1 Å². The fourth-order valence-corrected chi connectivity index (χ4v) is 1.60. The summed E-state index contributed by atoms with van der Waals surface area (Å²) in [6.45, 7) is 1.93. The van der Waals surface area contributed by atoms with Gasteiger partial charge in [-0.2, -0.15) is 0 Å². The first-order valence-corrected chi connectivity index (χ1v) is 4.92. The summed E-state index contributed by atoms with van der Waals surface area (Å²) in [5, 5.41) is 7.78. The molecule has 5 heteroatoms. The summed E-state index contributed by atoms with van der Waals surface area (Å²) in [6, 6.07) is 1.86. The Balaban J connectivity index is 2.41. The van der Waals surface area contributed by atoms with Gasteiger partial charge in [0.25, 0.3) is 0 Å². The molecule has 1 aromatic heterocycles. The molecule has 0 bridgehead atoms. The molecule has 0 amide bonds. The van der Waals surface area contributed by atoms with E-state index in [-0.39, 0.29) is 5.84 Å². The SMILES string of the molecule is Cc1ccnc(SCCC(=N)N)n1. The maximum Gasteiger partial charge on any atom is 0.187 e. The van der Waals surface area contributed by atoms with Crippen LogP contribution in [0.4, 0.5) is 0 Å². The summed E-state index contributed by atoms with van der Waals surface area (Å²) in [4.78, 5) is 8.29. The number of amidine groups is 1. The zero-order valence-electron chi connectivity index (χ0n) is 7.45. The second kappa shape index (κ2) is 4.81. The van der Waals surface area contributed by atoms with Crippen molar-refractivity contribution in [3.05, 3.63) is 18.0 Å². The smallest absolute Gasteiger partial charge is 0.187 e. The van der Waals surface area contributed by atoms with E-state index in [4.69, 9.17) is 11.1 Å². The molecular formula is C8H12N4S. The molecule has 70 valence electrons. The zero-order valence-corrected chi connectivity index (χ0v) is 8.27. The van der Waals surface area contributed by atoms with Gasteiger partial charge in [-0.05, 0) is 13.0 Å². The third-order valence-corrected chi connectivity index (χ3v) is 2.24. The highest BCUT2D eigenvalue weighted by Gasteiger charge is 1.97. The maximum atomic E-state index is 7.03. The van der Waals surface area contributed by atoms with Gasteiger partial charge in [0.15, 0.2) is 5.16 Å². The fraction of sp³-hybridized carbons (Fsp3) is 0.375. The van der Waals surface area contributed by atoms with E-state index in [0.29, 0.717) is 6.42 Å². The Morgan fingerprint density at radius 1 is 1.69 bits per heavy atom. The quantitative estimate of drug-likeness (QED) is 0.328. The molecule has 0 aliphatic heterocycles. The van der Waals surface area contributed by atoms with E-state index in [2.05, 4.69) is 9.97 Å². The number of nitrogens with one attached hydrogen (secondary N) is 1. The molecular weight excluding hydrogens is 184 g/mol. The van der Waals surface area contributed by atoms with Gasteiger partial charge in [-0.1, -0.05) is 11.8 Å². The first-order valence-electron chi connectivity index (χ1n) is 3.94. The fourth-order valence-electron chi connectivity index (χ4n) is 0.748.